The van der Waals surface area contributed by atoms with E-state index in [-0.39, 0.29) is 22.0 Å². The summed E-state index contributed by atoms with van der Waals surface area (Å²) in [6.45, 7) is 3.10. The van der Waals surface area contributed by atoms with Gasteiger partial charge in [0.15, 0.2) is 16.8 Å². The molecule has 1 saturated carbocycles. The Hall–Kier alpha value is -2.98. The van der Waals surface area contributed by atoms with Crippen LogP contribution in [0.15, 0.2) is 46.5 Å². The predicted molar refractivity (Wildman–Crippen MR) is 146 cm³/mol. The SMILES string of the molecule is C.Cc1cc(Nc2cc(N3CC(F)(C4CC4)C3)nc(Sc3ccc(CC(=O)CN(C)C)cc3)n2)n[nH]1.[HH].[HH]. The number of hydrogen-bond donors (Lipinski definition) is 2. The highest BCUT2D eigenvalue weighted by molar-refractivity contribution is 7.99. The monoisotopic (exact) mass is 515 g/mol. The van der Waals surface area contributed by atoms with Gasteiger partial charge in [-0.15, -0.1) is 0 Å². The van der Waals surface area contributed by atoms with Gasteiger partial charge in [-0.3, -0.25) is 9.89 Å². The van der Waals surface area contributed by atoms with E-state index in [4.69, 9.17) is 4.98 Å². The molecule has 8 nitrogen and oxygen atoms in total. The van der Waals surface area contributed by atoms with Gasteiger partial charge in [0.25, 0.3) is 0 Å². The van der Waals surface area contributed by atoms with E-state index in [0.29, 0.717) is 48.7 Å². The number of nitrogens with one attached hydrogen (secondary N) is 2. The Kier molecular flexibility index (Phi) is 7.65. The molecule has 36 heavy (non-hydrogen) atoms. The summed E-state index contributed by atoms with van der Waals surface area (Å²) < 4.78 is 15.0. The standard InChI is InChI=1S/C25H30FN7OS.CH4.2H2/c1-16-10-22(31-30-16)27-21-12-23(33-14-25(26,15-33)18-6-7-18)29-24(28-21)35-20-8-4-17(5-9-20)11-19(34)13-32(2)3;;;/h4-5,8-10,12,18H,6-7,11,13-15H2,1-3H3,(H2,27,28,29,30,31);1H4;2*1H. The number of alkyl halides is 1. The van der Waals surface area contributed by atoms with Gasteiger partial charge in [-0.2, -0.15) is 5.10 Å². The van der Waals surface area contributed by atoms with E-state index in [2.05, 4.69) is 20.5 Å². The quantitative estimate of drug-likeness (QED) is 0.359. The molecule has 196 valence electrons. The number of aromatic amines is 1. The first-order valence-electron chi connectivity index (χ1n) is 11.8. The van der Waals surface area contributed by atoms with Crippen LogP contribution in [0.1, 0.15) is 34.4 Å². The van der Waals surface area contributed by atoms with Crippen molar-refractivity contribution in [3.63, 3.8) is 0 Å². The van der Waals surface area contributed by atoms with Crippen LogP contribution in [-0.4, -0.2) is 70.2 Å². The van der Waals surface area contributed by atoms with Gasteiger partial charge in [0.1, 0.15) is 17.3 Å². The van der Waals surface area contributed by atoms with Crippen molar-refractivity contribution in [3.05, 3.63) is 47.7 Å². The minimum Gasteiger partial charge on any atom is -0.350 e. The zero-order valence-corrected chi connectivity index (χ0v) is 21.0. The summed E-state index contributed by atoms with van der Waals surface area (Å²) in [5.74, 6) is 2.36. The van der Waals surface area contributed by atoms with E-state index in [1.54, 1.807) is 0 Å². The molecule has 2 aliphatic rings. The molecular weight excluding hydrogens is 477 g/mol. The maximum atomic E-state index is 15.0. The average Bonchev–Trinajstić information content (AvgIpc) is 3.55. The molecular formula is C26H38FN7OS. The van der Waals surface area contributed by atoms with Gasteiger partial charge in [-0.25, -0.2) is 14.4 Å². The fourth-order valence-corrected chi connectivity index (χ4v) is 5.09. The number of H-pyrrole nitrogens is 1. The lowest BCUT2D eigenvalue weighted by molar-refractivity contribution is -0.119. The van der Waals surface area contributed by atoms with E-state index < -0.39 is 5.67 Å². The molecule has 1 aliphatic heterocycles. The number of nitrogens with zero attached hydrogens (tertiary/aromatic N) is 5. The fraction of sp³-hybridized carbons (Fsp3) is 0.462. The van der Waals surface area contributed by atoms with Crippen LogP contribution in [0.4, 0.5) is 21.8 Å². The zero-order chi connectivity index (χ0) is 24.6. The third-order valence-electron chi connectivity index (χ3n) is 6.22. The van der Waals surface area contributed by atoms with Crippen molar-refractivity contribution in [2.75, 3.05) is 43.9 Å². The van der Waals surface area contributed by atoms with Gasteiger partial charge in [0, 0.05) is 32.0 Å². The Bertz CT molecular complexity index is 1210. The second kappa shape index (κ2) is 10.6. The summed E-state index contributed by atoms with van der Waals surface area (Å²) in [7, 11) is 3.78. The van der Waals surface area contributed by atoms with Gasteiger partial charge >= 0.3 is 0 Å². The zero-order valence-electron chi connectivity index (χ0n) is 20.2. The largest absolute Gasteiger partial charge is 0.350 e. The van der Waals surface area contributed by atoms with Crippen LogP contribution in [-0.2, 0) is 11.2 Å². The van der Waals surface area contributed by atoms with E-state index >= 15 is 0 Å². The number of halogens is 1. The van der Waals surface area contributed by atoms with E-state index in [0.717, 1.165) is 29.0 Å². The van der Waals surface area contributed by atoms with Crippen LogP contribution in [0.3, 0.4) is 0 Å². The molecule has 0 unspecified atom stereocenters. The van der Waals surface area contributed by atoms with Crippen molar-refractivity contribution in [1.29, 1.82) is 0 Å². The number of Topliss-reactive ketones (excluding diaryl/α,β-unsaturated/α-hetero) is 1. The molecule has 2 fully saturated rings. The molecule has 1 saturated heterocycles. The van der Waals surface area contributed by atoms with Crippen LogP contribution >= 0.6 is 11.8 Å². The molecule has 0 amide bonds. The van der Waals surface area contributed by atoms with Crippen LogP contribution in [0.25, 0.3) is 0 Å². The summed E-state index contributed by atoms with van der Waals surface area (Å²) in [6, 6.07) is 11.6. The average molecular weight is 516 g/mol. The van der Waals surface area contributed by atoms with Crippen molar-refractivity contribution in [2.45, 2.75) is 49.3 Å². The Morgan fingerprint density at radius 3 is 2.56 bits per heavy atom. The van der Waals surface area contributed by atoms with Crippen molar-refractivity contribution in [3.8, 4) is 0 Å². The number of aryl methyl sites for hydroxylation is 1. The number of ketones is 1. The van der Waals surface area contributed by atoms with Gasteiger partial charge in [-0.1, -0.05) is 19.6 Å². The van der Waals surface area contributed by atoms with Gasteiger partial charge in [0.05, 0.1) is 19.6 Å². The van der Waals surface area contributed by atoms with Gasteiger partial charge < -0.3 is 15.1 Å². The van der Waals surface area contributed by atoms with Crippen LogP contribution in [0.5, 0.6) is 0 Å². The summed E-state index contributed by atoms with van der Waals surface area (Å²) in [5, 5.41) is 10.9. The lowest BCUT2D eigenvalue weighted by Crippen LogP contribution is -2.60. The highest BCUT2D eigenvalue weighted by atomic mass is 32.2. The third-order valence-corrected chi connectivity index (χ3v) is 7.09. The number of benzene rings is 1. The number of anilines is 3. The molecule has 1 aliphatic carbocycles. The van der Waals surface area contributed by atoms with E-state index in [9.17, 15) is 9.18 Å². The molecule has 10 heteroatoms. The highest BCUT2D eigenvalue weighted by Crippen LogP contribution is 2.48. The van der Waals surface area contributed by atoms with E-state index in [1.165, 1.54) is 11.8 Å². The summed E-state index contributed by atoms with van der Waals surface area (Å²) in [6.07, 6.45) is 2.38. The smallest absolute Gasteiger partial charge is 0.196 e. The number of carbonyl (C=O) groups is 1. The number of likely N-dealkylation sites (N-methyl/N-ethyl adjacent to an activating group) is 1. The third kappa shape index (κ3) is 6.22. The van der Waals surface area contributed by atoms with Crippen LogP contribution in [0, 0.1) is 12.8 Å². The lowest BCUT2D eigenvalue weighted by Gasteiger charge is -2.45. The summed E-state index contributed by atoms with van der Waals surface area (Å²) in [4.78, 5) is 26.3. The normalized spacial score (nSPS) is 16.4. The molecule has 3 aromatic rings. The first kappa shape index (κ1) is 26.1. The summed E-state index contributed by atoms with van der Waals surface area (Å²) in [5.41, 5.74) is 0.826. The van der Waals surface area contributed by atoms with Crippen molar-refractivity contribution in [1.82, 2.24) is 25.1 Å². The second-order valence-corrected chi connectivity index (χ2v) is 10.9. The van der Waals surface area contributed by atoms with Gasteiger partial charge in [-0.05, 0) is 69.2 Å². The predicted octanol–water partition coefficient (Wildman–Crippen LogP) is 5.14. The molecule has 1 aromatic carbocycles. The van der Waals surface area contributed by atoms with Crippen molar-refractivity contribution < 1.29 is 12.0 Å². The van der Waals surface area contributed by atoms with Gasteiger partial charge in [0.2, 0.25) is 0 Å². The minimum absolute atomic E-state index is 0. The molecule has 2 aromatic heterocycles. The van der Waals surface area contributed by atoms with Crippen LogP contribution in [0.2, 0.25) is 0 Å². The molecule has 0 spiro atoms. The second-order valence-electron chi connectivity index (χ2n) is 9.82. The molecule has 5 rings (SSSR count). The number of carbonyl (C=O) groups excluding carboxylic acids is 1. The number of aromatic nitrogens is 4. The fourth-order valence-electron chi connectivity index (χ4n) is 4.32. The first-order chi connectivity index (χ1) is 16.8. The van der Waals surface area contributed by atoms with E-state index in [1.807, 2.05) is 67.2 Å². The molecule has 0 bridgehead atoms. The Balaban J connectivity index is 0.00000169. The van der Waals surface area contributed by atoms with Crippen molar-refractivity contribution >= 4 is 35.0 Å². The Labute approximate surface area is 219 Å². The maximum Gasteiger partial charge on any atom is 0.196 e. The van der Waals surface area contributed by atoms with Crippen molar-refractivity contribution in [2.24, 2.45) is 5.92 Å². The summed E-state index contributed by atoms with van der Waals surface area (Å²) >= 11 is 1.44. The molecule has 3 heterocycles. The topological polar surface area (TPSA) is 90.0 Å². The number of rotatable bonds is 10. The molecule has 0 radical (unpaired) electrons. The molecule has 2 N–H and O–H groups in total. The first-order valence-corrected chi connectivity index (χ1v) is 12.6. The number of hydrogen-bond acceptors (Lipinski definition) is 8. The Morgan fingerprint density at radius 2 is 1.94 bits per heavy atom. The molecule has 0 atom stereocenters. The lowest BCUT2D eigenvalue weighted by atomic mass is 9.91. The Morgan fingerprint density at radius 1 is 1.22 bits per heavy atom. The minimum atomic E-state index is -1.09. The van der Waals surface area contributed by atoms with Crippen LogP contribution < -0.4 is 10.2 Å². The highest BCUT2D eigenvalue weighted by Gasteiger charge is 2.54. The maximum absolute atomic E-state index is 15.0.